The minimum Gasteiger partial charge on any atom is -0.496 e. The van der Waals surface area contributed by atoms with Crippen molar-refractivity contribution in [3.05, 3.63) is 47.5 Å². The number of fused-ring (bicyclic) bond motifs is 1. The van der Waals surface area contributed by atoms with Gasteiger partial charge in [-0.05, 0) is 41.5 Å². The molecule has 86 valence electrons. The summed E-state index contributed by atoms with van der Waals surface area (Å²) in [5.74, 6) is 0.782. The highest BCUT2D eigenvalue weighted by atomic mass is 16.5. The molecular weight excluding hydrogens is 212 g/mol. The van der Waals surface area contributed by atoms with Crippen molar-refractivity contribution < 1.29 is 9.53 Å². The molecule has 2 heteroatoms. The van der Waals surface area contributed by atoms with Crippen LogP contribution in [-0.2, 0) is 4.79 Å². The molecule has 0 fully saturated rings. The van der Waals surface area contributed by atoms with Gasteiger partial charge < -0.3 is 4.74 Å². The van der Waals surface area contributed by atoms with Crippen molar-refractivity contribution in [2.45, 2.75) is 6.92 Å². The predicted octanol–water partition coefficient (Wildman–Crippen LogP) is 3.45. The van der Waals surface area contributed by atoms with E-state index < -0.39 is 0 Å². The summed E-state index contributed by atoms with van der Waals surface area (Å²) < 4.78 is 5.34. The summed E-state index contributed by atoms with van der Waals surface area (Å²) in [5, 5.41) is 2.27. The maximum atomic E-state index is 10.7. The van der Waals surface area contributed by atoms with Crippen LogP contribution < -0.4 is 4.74 Å². The van der Waals surface area contributed by atoms with Crippen LogP contribution in [0.2, 0.25) is 0 Å². The number of benzene rings is 2. The summed E-state index contributed by atoms with van der Waals surface area (Å²) in [5.41, 5.74) is 1.61. The molecule has 0 aliphatic carbocycles. The van der Waals surface area contributed by atoms with E-state index in [2.05, 4.69) is 0 Å². The van der Waals surface area contributed by atoms with Crippen LogP contribution in [0.1, 0.15) is 12.5 Å². The van der Waals surface area contributed by atoms with Crippen molar-refractivity contribution in [3.63, 3.8) is 0 Å². The van der Waals surface area contributed by atoms with Crippen LogP contribution in [0.3, 0.4) is 0 Å². The third-order valence-corrected chi connectivity index (χ3v) is 2.67. The van der Waals surface area contributed by atoms with Crippen molar-refractivity contribution in [1.82, 2.24) is 0 Å². The zero-order chi connectivity index (χ0) is 12.3. The van der Waals surface area contributed by atoms with E-state index in [1.54, 1.807) is 14.0 Å². The lowest BCUT2D eigenvalue weighted by Gasteiger charge is -2.07. The maximum Gasteiger partial charge on any atom is 0.145 e. The van der Waals surface area contributed by atoms with E-state index in [1.807, 2.05) is 42.5 Å². The molecule has 0 bridgehead atoms. The molecule has 2 aromatic rings. The number of ether oxygens (including phenoxy) is 1. The quantitative estimate of drug-likeness (QED) is 0.592. The third-order valence-electron chi connectivity index (χ3n) is 2.67. The summed E-state index contributed by atoms with van der Waals surface area (Å²) >= 11 is 0. The molecule has 2 aromatic carbocycles. The smallest absolute Gasteiger partial charge is 0.145 e. The lowest BCUT2D eigenvalue weighted by molar-refractivity contribution is -0.104. The summed E-state index contributed by atoms with van der Waals surface area (Å²) in [6, 6.07) is 12.1. The topological polar surface area (TPSA) is 26.3 Å². The third kappa shape index (κ3) is 2.36. The number of aldehydes is 1. The molecule has 0 aliphatic rings. The van der Waals surface area contributed by atoms with E-state index in [9.17, 15) is 4.79 Å². The monoisotopic (exact) mass is 226 g/mol. The number of carbonyl (C=O) groups is 1. The lowest BCUT2D eigenvalue weighted by atomic mass is 10.0. The SMILES string of the molecule is COc1cc2ccccc2cc1/C=C(/C)C=O. The second kappa shape index (κ2) is 4.83. The molecule has 0 atom stereocenters. The number of allylic oxidation sites excluding steroid dienone is 1. The van der Waals surface area contributed by atoms with Gasteiger partial charge in [-0.15, -0.1) is 0 Å². The molecule has 0 aromatic heterocycles. The van der Waals surface area contributed by atoms with Crippen LogP contribution in [0.15, 0.2) is 42.0 Å². The van der Waals surface area contributed by atoms with Gasteiger partial charge in [0.05, 0.1) is 7.11 Å². The summed E-state index contributed by atoms with van der Waals surface area (Å²) in [6.45, 7) is 1.78. The fraction of sp³-hybridized carbons (Fsp3) is 0.133. The first-order valence-corrected chi connectivity index (χ1v) is 5.45. The molecule has 0 saturated carbocycles. The van der Waals surface area contributed by atoms with Crippen LogP contribution in [-0.4, -0.2) is 13.4 Å². The average molecular weight is 226 g/mol. The van der Waals surface area contributed by atoms with Crippen LogP contribution in [0.5, 0.6) is 5.75 Å². The van der Waals surface area contributed by atoms with E-state index in [1.165, 1.54) is 0 Å². The molecule has 0 radical (unpaired) electrons. The molecular formula is C15H14O2. The van der Waals surface area contributed by atoms with Gasteiger partial charge >= 0.3 is 0 Å². The van der Waals surface area contributed by atoms with Gasteiger partial charge in [0.1, 0.15) is 12.0 Å². The first-order valence-electron chi connectivity index (χ1n) is 5.45. The summed E-state index contributed by atoms with van der Waals surface area (Å²) in [4.78, 5) is 10.7. The summed E-state index contributed by atoms with van der Waals surface area (Å²) in [7, 11) is 1.64. The number of methoxy groups -OCH3 is 1. The van der Waals surface area contributed by atoms with Crippen molar-refractivity contribution in [3.8, 4) is 5.75 Å². The van der Waals surface area contributed by atoms with Gasteiger partial charge in [-0.25, -0.2) is 0 Å². The molecule has 2 nitrogen and oxygen atoms in total. The van der Waals surface area contributed by atoms with Crippen molar-refractivity contribution in [2.75, 3.05) is 7.11 Å². The minimum atomic E-state index is 0.679. The van der Waals surface area contributed by atoms with E-state index >= 15 is 0 Å². The Bertz CT molecular complexity index is 582. The minimum absolute atomic E-state index is 0.679. The van der Waals surface area contributed by atoms with E-state index in [0.717, 1.165) is 28.4 Å². The number of hydrogen-bond donors (Lipinski definition) is 0. The Morgan fingerprint density at radius 3 is 2.41 bits per heavy atom. The largest absolute Gasteiger partial charge is 0.496 e. The zero-order valence-corrected chi connectivity index (χ0v) is 9.94. The normalized spacial score (nSPS) is 11.5. The fourth-order valence-electron chi connectivity index (χ4n) is 1.81. The Hall–Kier alpha value is -2.09. The Morgan fingerprint density at radius 1 is 1.18 bits per heavy atom. The van der Waals surface area contributed by atoms with E-state index in [4.69, 9.17) is 4.74 Å². The van der Waals surface area contributed by atoms with Crippen LogP contribution in [0.4, 0.5) is 0 Å². The number of hydrogen-bond acceptors (Lipinski definition) is 2. The second-order valence-electron chi connectivity index (χ2n) is 3.95. The molecule has 0 spiro atoms. The molecule has 2 rings (SSSR count). The van der Waals surface area contributed by atoms with Crippen LogP contribution in [0.25, 0.3) is 16.8 Å². The fourth-order valence-corrected chi connectivity index (χ4v) is 1.81. The molecule has 0 amide bonds. The van der Waals surface area contributed by atoms with E-state index in [-0.39, 0.29) is 0 Å². The van der Waals surface area contributed by atoms with Gasteiger partial charge in [0, 0.05) is 5.56 Å². The summed E-state index contributed by atoms with van der Waals surface area (Å²) in [6.07, 6.45) is 2.67. The Kier molecular flexibility index (Phi) is 3.24. The van der Waals surface area contributed by atoms with Gasteiger partial charge in [-0.2, -0.15) is 0 Å². The molecule has 0 heterocycles. The zero-order valence-electron chi connectivity index (χ0n) is 9.94. The van der Waals surface area contributed by atoms with Gasteiger partial charge in [0.2, 0.25) is 0 Å². The maximum absolute atomic E-state index is 10.7. The first kappa shape index (κ1) is 11.4. The number of rotatable bonds is 3. The van der Waals surface area contributed by atoms with Crippen LogP contribution in [0, 0.1) is 0 Å². The molecule has 0 N–H and O–H groups in total. The molecule has 0 saturated heterocycles. The lowest BCUT2D eigenvalue weighted by Crippen LogP contribution is -1.88. The Balaban J connectivity index is 2.64. The standard InChI is InChI=1S/C15H14O2/c1-11(10-16)7-14-8-12-5-3-4-6-13(12)9-15(14)17-2/h3-10H,1-2H3/b11-7-. The first-order chi connectivity index (χ1) is 8.24. The van der Waals surface area contributed by atoms with Gasteiger partial charge in [-0.3, -0.25) is 4.79 Å². The van der Waals surface area contributed by atoms with E-state index in [0.29, 0.717) is 5.57 Å². The van der Waals surface area contributed by atoms with Gasteiger partial charge in [-0.1, -0.05) is 24.3 Å². The molecule has 0 unspecified atom stereocenters. The second-order valence-corrected chi connectivity index (χ2v) is 3.95. The number of carbonyl (C=O) groups excluding carboxylic acids is 1. The highest BCUT2D eigenvalue weighted by molar-refractivity contribution is 5.89. The van der Waals surface area contributed by atoms with Crippen molar-refractivity contribution in [1.29, 1.82) is 0 Å². The van der Waals surface area contributed by atoms with Gasteiger partial charge in [0.25, 0.3) is 0 Å². The average Bonchev–Trinajstić information content (AvgIpc) is 2.37. The molecule has 17 heavy (non-hydrogen) atoms. The van der Waals surface area contributed by atoms with Crippen molar-refractivity contribution >= 4 is 23.1 Å². The highest BCUT2D eigenvalue weighted by Crippen LogP contribution is 2.27. The van der Waals surface area contributed by atoms with Crippen molar-refractivity contribution in [2.24, 2.45) is 0 Å². The van der Waals surface area contributed by atoms with Crippen LogP contribution >= 0.6 is 0 Å². The highest BCUT2D eigenvalue weighted by Gasteiger charge is 2.03. The predicted molar refractivity (Wildman–Crippen MR) is 70.2 cm³/mol. The molecule has 0 aliphatic heterocycles. The Labute approximate surface area is 101 Å². The Morgan fingerprint density at radius 2 is 1.82 bits per heavy atom. The van der Waals surface area contributed by atoms with Gasteiger partial charge in [0.15, 0.2) is 0 Å².